The molecule has 1 N–H and O–H groups in total. The number of carbonyl (C=O) groups is 2. The summed E-state index contributed by atoms with van der Waals surface area (Å²) < 4.78 is 0. The van der Waals surface area contributed by atoms with E-state index in [0.717, 1.165) is 16.7 Å². The first-order valence-electron chi connectivity index (χ1n) is 11.3. The number of piperidine rings is 1. The Hall–Kier alpha value is -2.69. The molecule has 0 atom stereocenters. The minimum absolute atomic E-state index is 0.0298. The van der Waals surface area contributed by atoms with Gasteiger partial charge in [-0.2, -0.15) is 0 Å². The van der Waals surface area contributed by atoms with E-state index < -0.39 is 5.41 Å². The fraction of sp³-hybridized carbons (Fsp3) is 0.500. The van der Waals surface area contributed by atoms with Crippen LogP contribution >= 0.6 is 0 Å². The van der Waals surface area contributed by atoms with E-state index in [2.05, 4.69) is 49.3 Å². The number of rotatable bonds is 6. The van der Waals surface area contributed by atoms with Crippen molar-refractivity contribution < 1.29 is 9.59 Å². The van der Waals surface area contributed by atoms with E-state index in [9.17, 15) is 9.59 Å². The van der Waals surface area contributed by atoms with Crippen LogP contribution in [-0.4, -0.2) is 41.3 Å². The number of hydrogen-bond donors (Lipinski definition) is 1. The standard InChI is InChI=1S/C26H35N3O2/c1-5-28-24(31)26(11-14-29(15-12-26)23(30)18-25(2,3)4)17-20-8-6-9-21(16-20)22-10-7-13-27-19-22/h6-10,13,16,19H,5,11-12,14-15,17-18H2,1-4H3,(H,28,31). The number of pyridine rings is 1. The molecule has 0 aliphatic carbocycles. The summed E-state index contributed by atoms with van der Waals surface area (Å²) >= 11 is 0. The summed E-state index contributed by atoms with van der Waals surface area (Å²) in [5.74, 6) is 0.292. The van der Waals surface area contributed by atoms with E-state index in [4.69, 9.17) is 0 Å². The zero-order valence-corrected chi connectivity index (χ0v) is 19.3. The van der Waals surface area contributed by atoms with Gasteiger partial charge in [-0.05, 0) is 54.4 Å². The van der Waals surface area contributed by atoms with Gasteiger partial charge in [0.15, 0.2) is 0 Å². The third kappa shape index (κ3) is 5.93. The molecule has 2 aromatic rings. The number of amides is 2. The second kappa shape index (κ2) is 9.63. The quantitative estimate of drug-likeness (QED) is 0.748. The first-order valence-corrected chi connectivity index (χ1v) is 11.3. The molecule has 0 saturated carbocycles. The Balaban J connectivity index is 1.78. The summed E-state index contributed by atoms with van der Waals surface area (Å²) in [5, 5.41) is 3.05. The second-order valence-electron chi connectivity index (χ2n) is 9.88. The Morgan fingerprint density at radius 2 is 1.81 bits per heavy atom. The molecule has 5 nitrogen and oxygen atoms in total. The van der Waals surface area contributed by atoms with Crippen LogP contribution in [0.1, 0.15) is 52.5 Å². The summed E-state index contributed by atoms with van der Waals surface area (Å²) in [4.78, 5) is 32.0. The highest BCUT2D eigenvalue weighted by molar-refractivity contribution is 5.84. The van der Waals surface area contributed by atoms with E-state index in [1.807, 2.05) is 36.2 Å². The third-order valence-corrected chi connectivity index (χ3v) is 6.04. The molecule has 0 unspecified atom stereocenters. The zero-order chi connectivity index (χ0) is 22.5. The first-order chi connectivity index (χ1) is 14.7. The van der Waals surface area contributed by atoms with E-state index in [-0.39, 0.29) is 17.2 Å². The van der Waals surface area contributed by atoms with E-state index in [1.54, 1.807) is 6.20 Å². The van der Waals surface area contributed by atoms with Gasteiger partial charge in [0.25, 0.3) is 0 Å². The second-order valence-corrected chi connectivity index (χ2v) is 9.88. The highest BCUT2D eigenvalue weighted by Crippen LogP contribution is 2.37. The van der Waals surface area contributed by atoms with Crippen molar-refractivity contribution in [1.29, 1.82) is 0 Å². The third-order valence-electron chi connectivity index (χ3n) is 6.04. The van der Waals surface area contributed by atoms with Gasteiger partial charge in [-0.1, -0.05) is 51.1 Å². The molecule has 0 spiro atoms. The molecule has 3 rings (SSSR count). The van der Waals surface area contributed by atoms with E-state index >= 15 is 0 Å². The number of likely N-dealkylation sites (tertiary alicyclic amines) is 1. The van der Waals surface area contributed by atoms with Gasteiger partial charge in [-0.3, -0.25) is 14.6 Å². The lowest BCUT2D eigenvalue weighted by molar-refractivity contribution is -0.141. The zero-order valence-electron chi connectivity index (χ0n) is 19.3. The van der Waals surface area contributed by atoms with E-state index in [0.29, 0.717) is 45.3 Å². The predicted molar refractivity (Wildman–Crippen MR) is 124 cm³/mol. The topological polar surface area (TPSA) is 62.3 Å². The maximum Gasteiger partial charge on any atom is 0.226 e. The average Bonchev–Trinajstić information content (AvgIpc) is 2.74. The largest absolute Gasteiger partial charge is 0.356 e. The van der Waals surface area contributed by atoms with Gasteiger partial charge in [0.05, 0.1) is 5.41 Å². The van der Waals surface area contributed by atoms with Crippen LogP contribution in [0.3, 0.4) is 0 Å². The number of benzene rings is 1. The smallest absolute Gasteiger partial charge is 0.226 e. The highest BCUT2D eigenvalue weighted by atomic mass is 16.2. The lowest BCUT2D eigenvalue weighted by Crippen LogP contribution is -2.51. The van der Waals surface area contributed by atoms with Crippen LogP contribution < -0.4 is 5.32 Å². The molecule has 0 bridgehead atoms. The average molecular weight is 422 g/mol. The number of aromatic nitrogens is 1. The van der Waals surface area contributed by atoms with Gasteiger partial charge in [0, 0.05) is 38.4 Å². The number of hydrogen-bond acceptors (Lipinski definition) is 3. The number of nitrogens with one attached hydrogen (secondary N) is 1. The molecule has 2 amide bonds. The summed E-state index contributed by atoms with van der Waals surface area (Å²) in [5.41, 5.74) is 2.80. The predicted octanol–water partition coefficient (Wildman–Crippen LogP) is 4.47. The molecule has 2 heterocycles. The van der Waals surface area contributed by atoms with Gasteiger partial charge in [0.2, 0.25) is 11.8 Å². The SMILES string of the molecule is CCNC(=O)C1(Cc2cccc(-c3cccnc3)c2)CCN(C(=O)CC(C)(C)C)CC1. The van der Waals surface area contributed by atoms with Crippen molar-refractivity contribution in [2.24, 2.45) is 10.8 Å². The molecule has 1 aromatic heterocycles. The van der Waals surface area contributed by atoms with Crippen molar-refractivity contribution in [2.45, 2.75) is 53.4 Å². The summed E-state index contributed by atoms with van der Waals surface area (Å²) in [7, 11) is 0. The van der Waals surface area contributed by atoms with Crippen LogP contribution in [0.25, 0.3) is 11.1 Å². The first kappa shape index (κ1) is 23.0. The lowest BCUT2D eigenvalue weighted by atomic mass is 9.72. The summed E-state index contributed by atoms with van der Waals surface area (Å²) in [6.45, 7) is 10.1. The number of carbonyl (C=O) groups excluding carboxylic acids is 2. The van der Waals surface area contributed by atoms with Crippen LogP contribution in [0.5, 0.6) is 0 Å². The summed E-state index contributed by atoms with van der Waals surface area (Å²) in [6.07, 6.45) is 6.21. The van der Waals surface area contributed by atoms with Crippen LogP contribution in [0.4, 0.5) is 0 Å². The fourth-order valence-electron chi connectivity index (χ4n) is 4.37. The van der Waals surface area contributed by atoms with Crippen molar-refractivity contribution in [3.63, 3.8) is 0 Å². The van der Waals surface area contributed by atoms with Gasteiger partial charge < -0.3 is 10.2 Å². The Kier molecular flexibility index (Phi) is 7.14. The van der Waals surface area contributed by atoms with Crippen molar-refractivity contribution in [3.8, 4) is 11.1 Å². The Labute approximate surface area is 186 Å². The molecular formula is C26H35N3O2. The van der Waals surface area contributed by atoms with Crippen molar-refractivity contribution in [1.82, 2.24) is 15.2 Å². The molecule has 1 saturated heterocycles. The van der Waals surface area contributed by atoms with Crippen molar-refractivity contribution in [2.75, 3.05) is 19.6 Å². The van der Waals surface area contributed by atoms with Crippen molar-refractivity contribution in [3.05, 3.63) is 54.4 Å². The Bertz CT molecular complexity index is 894. The monoisotopic (exact) mass is 421 g/mol. The van der Waals surface area contributed by atoms with E-state index in [1.165, 1.54) is 0 Å². The molecule has 5 heteroatoms. The lowest BCUT2D eigenvalue weighted by Gasteiger charge is -2.41. The maximum atomic E-state index is 13.2. The molecule has 1 fully saturated rings. The van der Waals surface area contributed by atoms with Crippen LogP contribution in [0, 0.1) is 10.8 Å². The molecule has 1 aromatic carbocycles. The van der Waals surface area contributed by atoms with Gasteiger partial charge in [-0.25, -0.2) is 0 Å². The van der Waals surface area contributed by atoms with Crippen LogP contribution in [0.15, 0.2) is 48.8 Å². The van der Waals surface area contributed by atoms with Gasteiger partial charge in [-0.15, -0.1) is 0 Å². The van der Waals surface area contributed by atoms with Gasteiger partial charge >= 0.3 is 0 Å². The minimum atomic E-state index is -0.484. The van der Waals surface area contributed by atoms with Crippen LogP contribution in [-0.2, 0) is 16.0 Å². The number of nitrogens with zero attached hydrogens (tertiary/aromatic N) is 2. The molecule has 0 radical (unpaired) electrons. The minimum Gasteiger partial charge on any atom is -0.356 e. The molecule has 31 heavy (non-hydrogen) atoms. The summed E-state index contributed by atoms with van der Waals surface area (Å²) in [6, 6.07) is 12.4. The fourth-order valence-corrected chi connectivity index (χ4v) is 4.37. The van der Waals surface area contributed by atoms with Crippen molar-refractivity contribution >= 4 is 11.8 Å². The van der Waals surface area contributed by atoms with Crippen LogP contribution in [0.2, 0.25) is 0 Å². The van der Waals surface area contributed by atoms with Gasteiger partial charge in [0.1, 0.15) is 0 Å². The molecular weight excluding hydrogens is 386 g/mol. The Morgan fingerprint density at radius 3 is 2.42 bits per heavy atom. The Morgan fingerprint density at radius 1 is 1.10 bits per heavy atom. The highest BCUT2D eigenvalue weighted by Gasteiger charge is 2.42. The molecule has 1 aliphatic rings. The maximum absolute atomic E-state index is 13.2. The molecule has 166 valence electrons. The molecule has 1 aliphatic heterocycles. The normalized spacial score (nSPS) is 16.1.